The van der Waals surface area contributed by atoms with Gasteiger partial charge in [0.05, 0.1) is 18.8 Å². The number of rotatable bonds is 17. The fourth-order valence-corrected chi connectivity index (χ4v) is 3.75. The van der Waals surface area contributed by atoms with E-state index in [0.717, 1.165) is 0 Å². The quantitative estimate of drug-likeness (QED) is 0.0545. The largest absolute Gasteiger partial charge is 0.481 e. The minimum absolute atomic E-state index is 0.00199. The predicted molar refractivity (Wildman–Crippen MR) is 146 cm³/mol. The molecule has 0 saturated heterocycles. The third-order valence-corrected chi connectivity index (χ3v) is 5.82. The molecule has 2 rings (SSSR count). The third-order valence-electron chi connectivity index (χ3n) is 5.82. The summed E-state index contributed by atoms with van der Waals surface area (Å²) in [5.74, 6) is -5.18. The van der Waals surface area contributed by atoms with Gasteiger partial charge in [0, 0.05) is 31.3 Å². The Labute approximate surface area is 235 Å². The molecule has 0 unspecified atom stereocenters. The number of H-pyrrole nitrogens is 1. The second-order valence-corrected chi connectivity index (χ2v) is 9.15. The maximum Gasteiger partial charge on any atom is 0.326 e. The molecular weight excluding hydrogens is 538 g/mol. The molecule has 12 N–H and O–H groups in total. The summed E-state index contributed by atoms with van der Waals surface area (Å²) < 4.78 is 0. The molecule has 16 nitrogen and oxygen atoms in total. The van der Waals surface area contributed by atoms with Crippen molar-refractivity contribution in [2.75, 3.05) is 6.54 Å². The van der Waals surface area contributed by atoms with Crippen LogP contribution in [0, 0.1) is 0 Å². The molecule has 16 heteroatoms. The molecule has 0 bridgehead atoms. The molecule has 1 aromatic heterocycles. The zero-order valence-electron chi connectivity index (χ0n) is 22.2. The molecule has 41 heavy (non-hydrogen) atoms. The lowest BCUT2D eigenvalue weighted by Gasteiger charge is -2.25. The number of nitrogens with two attached hydrogens (primary N) is 3. The number of nitrogens with zero attached hydrogens (tertiary/aromatic N) is 2. The van der Waals surface area contributed by atoms with Gasteiger partial charge in [-0.1, -0.05) is 30.3 Å². The van der Waals surface area contributed by atoms with Crippen LogP contribution in [0.25, 0.3) is 0 Å². The van der Waals surface area contributed by atoms with E-state index in [4.69, 9.17) is 22.3 Å². The van der Waals surface area contributed by atoms with Gasteiger partial charge in [0.25, 0.3) is 0 Å². The molecule has 2 aromatic rings. The number of carbonyl (C=O) groups excluding carboxylic acids is 3. The first kappa shape index (κ1) is 32.2. The number of hydrogen-bond acceptors (Lipinski definition) is 8. The van der Waals surface area contributed by atoms with Crippen molar-refractivity contribution in [3.63, 3.8) is 0 Å². The minimum Gasteiger partial charge on any atom is -0.481 e. The number of aliphatic imine (C=N–C) groups is 1. The first-order valence-corrected chi connectivity index (χ1v) is 12.6. The molecule has 0 radical (unpaired) electrons. The highest BCUT2D eigenvalue weighted by atomic mass is 16.4. The molecule has 0 aliphatic heterocycles. The number of carbonyl (C=O) groups is 5. The summed E-state index contributed by atoms with van der Waals surface area (Å²) in [5, 5.41) is 26.0. The number of aromatic nitrogens is 2. The van der Waals surface area contributed by atoms with Crippen LogP contribution in [0.2, 0.25) is 0 Å². The Kier molecular flexibility index (Phi) is 12.7. The summed E-state index contributed by atoms with van der Waals surface area (Å²) in [7, 11) is 0. The molecule has 1 aromatic carbocycles. The maximum atomic E-state index is 13.4. The van der Waals surface area contributed by atoms with E-state index in [1.54, 1.807) is 30.3 Å². The van der Waals surface area contributed by atoms with Crippen LogP contribution >= 0.6 is 0 Å². The zero-order valence-corrected chi connectivity index (χ0v) is 22.2. The Hall–Kier alpha value is -4.99. The number of aliphatic carboxylic acids is 2. The van der Waals surface area contributed by atoms with E-state index in [1.165, 1.54) is 12.5 Å². The number of guanidine groups is 1. The van der Waals surface area contributed by atoms with Crippen molar-refractivity contribution in [2.24, 2.45) is 22.2 Å². The van der Waals surface area contributed by atoms with Crippen LogP contribution in [-0.2, 0) is 36.8 Å². The summed E-state index contributed by atoms with van der Waals surface area (Å²) in [4.78, 5) is 72.5. The lowest BCUT2D eigenvalue weighted by atomic mass is 10.0. The van der Waals surface area contributed by atoms with Gasteiger partial charge in [0.15, 0.2) is 5.96 Å². The molecule has 3 amide bonds. The highest BCUT2D eigenvalue weighted by Crippen LogP contribution is 2.08. The Morgan fingerprint density at radius 3 is 2.07 bits per heavy atom. The van der Waals surface area contributed by atoms with Gasteiger partial charge in [-0.05, 0) is 18.4 Å². The first-order chi connectivity index (χ1) is 19.5. The van der Waals surface area contributed by atoms with E-state index in [1.807, 2.05) is 0 Å². The molecule has 1 heterocycles. The number of carboxylic acid groups (broad SMARTS) is 2. The highest BCUT2D eigenvalue weighted by Gasteiger charge is 2.31. The number of carboxylic acids is 2. The SMILES string of the molecule is NC(N)=NCCC[C@H](NC(=O)[C@@H](Cc1ccccc1)NC(=O)[C@H](Cc1cnc[nH]1)NC(=O)[C@@H](N)CC(=O)O)C(=O)O. The molecule has 4 atom stereocenters. The smallest absolute Gasteiger partial charge is 0.326 e. The van der Waals surface area contributed by atoms with Gasteiger partial charge < -0.3 is 48.3 Å². The van der Waals surface area contributed by atoms with Crippen LogP contribution in [0.5, 0.6) is 0 Å². The summed E-state index contributed by atoms with van der Waals surface area (Å²) in [5.41, 5.74) is 17.4. The van der Waals surface area contributed by atoms with E-state index in [0.29, 0.717) is 11.3 Å². The van der Waals surface area contributed by atoms with Gasteiger partial charge in [-0.25, -0.2) is 9.78 Å². The topological polar surface area (TPSA) is 281 Å². The Balaban J connectivity index is 2.24. The van der Waals surface area contributed by atoms with Gasteiger partial charge in [-0.3, -0.25) is 24.2 Å². The van der Waals surface area contributed by atoms with E-state index >= 15 is 0 Å². The van der Waals surface area contributed by atoms with Crippen molar-refractivity contribution < 1.29 is 34.2 Å². The Morgan fingerprint density at radius 2 is 1.51 bits per heavy atom. The standard InChI is InChI=1S/C25H35N9O7/c26-16(11-20(35)36)21(37)33-19(10-15-12-29-13-31-15)23(39)34-18(9-14-5-2-1-3-6-14)22(38)32-17(24(40)41)7-4-8-30-25(27)28/h1-3,5-6,12-13,16-19H,4,7-11,26H2,(H,29,31)(H,32,38)(H,33,37)(H,34,39)(H,35,36)(H,40,41)(H4,27,28,30)/t16-,17-,18+,19-/m0/s1. The van der Waals surface area contributed by atoms with Crippen molar-refractivity contribution in [1.82, 2.24) is 25.9 Å². The van der Waals surface area contributed by atoms with Crippen LogP contribution in [0.15, 0.2) is 47.8 Å². The van der Waals surface area contributed by atoms with Crippen molar-refractivity contribution in [2.45, 2.75) is 56.3 Å². The van der Waals surface area contributed by atoms with E-state index in [2.05, 4.69) is 30.9 Å². The van der Waals surface area contributed by atoms with Crippen LogP contribution in [0.4, 0.5) is 0 Å². The maximum absolute atomic E-state index is 13.4. The normalized spacial score (nSPS) is 13.6. The van der Waals surface area contributed by atoms with Crippen LogP contribution in [0.3, 0.4) is 0 Å². The molecule has 0 aliphatic rings. The van der Waals surface area contributed by atoms with Gasteiger partial charge in [0.1, 0.15) is 18.1 Å². The van der Waals surface area contributed by atoms with E-state index < -0.39 is 60.2 Å². The number of imidazole rings is 1. The number of aromatic amines is 1. The molecule has 0 saturated carbocycles. The Morgan fingerprint density at radius 1 is 0.902 bits per heavy atom. The number of benzene rings is 1. The van der Waals surface area contributed by atoms with E-state index in [-0.39, 0.29) is 38.2 Å². The number of nitrogens with one attached hydrogen (secondary N) is 4. The fraction of sp³-hybridized carbons (Fsp3) is 0.400. The van der Waals surface area contributed by atoms with Gasteiger partial charge in [-0.15, -0.1) is 0 Å². The third kappa shape index (κ3) is 11.7. The average Bonchev–Trinajstić information content (AvgIpc) is 3.42. The predicted octanol–water partition coefficient (Wildman–Crippen LogP) is -2.41. The van der Waals surface area contributed by atoms with Crippen molar-refractivity contribution in [3.05, 3.63) is 54.1 Å². The zero-order chi connectivity index (χ0) is 30.4. The molecular formula is C25H35N9O7. The second-order valence-electron chi connectivity index (χ2n) is 9.15. The summed E-state index contributed by atoms with van der Waals surface area (Å²) in [6.07, 6.45) is 2.33. The average molecular weight is 574 g/mol. The summed E-state index contributed by atoms with van der Waals surface area (Å²) in [6, 6.07) is 3.47. The fourth-order valence-electron chi connectivity index (χ4n) is 3.75. The van der Waals surface area contributed by atoms with E-state index in [9.17, 15) is 29.1 Å². The first-order valence-electron chi connectivity index (χ1n) is 12.6. The van der Waals surface area contributed by atoms with Crippen LogP contribution in [-0.4, -0.2) is 86.5 Å². The lowest BCUT2D eigenvalue weighted by Crippen LogP contribution is -2.58. The number of amides is 3. The lowest BCUT2D eigenvalue weighted by molar-refractivity contribution is -0.142. The van der Waals surface area contributed by atoms with Crippen molar-refractivity contribution >= 4 is 35.6 Å². The second kappa shape index (κ2) is 16.2. The Bertz CT molecular complexity index is 1200. The van der Waals surface area contributed by atoms with Gasteiger partial charge in [-0.2, -0.15) is 0 Å². The van der Waals surface area contributed by atoms with Crippen molar-refractivity contribution in [3.8, 4) is 0 Å². The number of hydrogen-bond donors (Lipinski definition) is 9. The summed E-state index contributed by atoms with van der Waals surface area (Å²) >= 11 is 0. The summed E-state index contributed by atoms with van der Waals surface area (Å²) in [6.45, 7) is 0.158. The van der Waals surface area contributed by atoms with Gasteiger partial charge >= 0.3 is 11.9 Å². The molecule has 222 valence electrons. The molecule has 0 aliphatic carbocycles. The minimum atomic E-state index is -1.43. The van der Waals surface area contributed by atoms with Crippen molar-refractivity contribution in [1.29, 1.82) is 0 Å². The van der Waals surface area contributed by atoms with Crippen LogP contribution < -0.4 is 33.2 Å². The molecule has 0 spiro atoms. The monoisotopic (exact) mass is 573 g/mol. The molecule has 0 fully saturated rings. The van der Waals surface area contributed by atoms with Crippen LogP contribution in [0.1, 0.15) is 30.5 Å². The van der Waals surface area contributed by atoms with Gasteiger partial charge in [0.2, 0.25) is 17.7 Å². The highest BCUT2D eigenvalue weighted by molar-refractivity contribution is 5.95.